The van der Waals surface area contributed by atoms with E-state index in [9.17, 15) is 0 Å². The summed E-state index contributed by atoms with van der Waals surface area (Å²) >= 11 is 3.52. The molecule has 0 N–H and O–H groups in total. The number of halogens is 1. The van der Waals surface area contributed by atoms with Crippen molar-refractivity contribution < 1.29 is 13.3 Å². The lowest BCUT2D eigenvalue weighted by atomic mass is 10.0. The third-order valence-electron chi connectivity index (χ3n) is 7.71. The summed E-state index contributed by atoms with van der Waals surface area (Å²) in [6.07, 6.45) is 35.6. The van der Waals surface area contributed by atoms with Crippen molar-refractivity contribution in [3.63, 3.8) is 0 Å². The van der Waals surface area contributed by atoms with E-state index in [2.05, 4.69) is 15.9 Å². The highest BCUT2D eigenvalue weighted by molar-refractivity contribution is 9.09. The molecular weight excluding hydrogens is 552 g/mol. The summed E-state index contributed by atoms with van der Waals surface area (Å²) in [4.78, 5) is 0. The van der Waals surface area contributed by atoms with Crippen LogP contribution in [0.1, 0.15) is 181 Å². The predicted octanol–water partition coefficient (Wildman–Crippen LogP) is 12.2. The smallest absolute Gasteiger partial charge is 0.374 e. The lowest BCUT2D eigenvalue weighted by Gasteiger charge is -2.28. The number of unbranched alkanes of at least 4 members (excludes halogenated alkanes) is 24. The molecule has 0 spiro atoms. The molecule has 0 aliphatic rings. The first-order chi connectivity index (χ1) is 18.7. The molecule has 230 valence electrons. The van der Waals surface area contributed by atoms with Crippen molar-refractivity contribution >= 4 is 24.7 Å². The molecule has 0 amide bonds. The lowest BCUT2D eigenvalue weighted by molar-refractivity contribution is 0.0706. The molecule has 3 nitrogen and oxygen atoms in total. The molecule has 0 aliphatic heterocycles. The van der Waals surface area contributed by atoms with E-state index >= 15 is 0 Å². The fourth-order valence-corrected chi connectivity index (χ4v) is 8.59. The van der Waals surface area contributed by atoms with Gasteiger partial charge < -0.3 is 13.3 Å². The second kappa shape index (κ2) is 32.1. The first-order valence-corrected chi connectivity index (χ1v) is 20.3. The molecule has 0 saturated carbocycles. The Morgan fingerprint density at radius 1 is 0.342 bits per heavy atom. The monoisotopic (exact) mass is 620 g/mol. The van der Waals surface area contributed by atoms with Gasteiger partial charge in [0.15, 0.2) is 0 Å². The zero-order chi connectivity index (χ0) is 27.8. The van der Waals surface area contributed by atoms with E-state index in [0.717, 1.165) is 6.04 Å². The minimum Gasteiger partial charge on any atom is -0.374 e. The number of hydrogen-bond acceptors (Lipinski definition) is 3. The quantitative estimate of drug-likeness (QED) is 0.0414. The molecule has 0 atom stereocenters. The van der Waals surface area contributed by atoms with Crippen molar-refractivity contribution in [3.8, 4) is 0 Å². The van der Waals surface area contributed by atoms with Gasteiger partial charge in [0, 0.05) is 31.2 Å². The lowest BCUT2D eigenvalue weighted by Crippen LogP contribution is -2.45. The Morgan fingerprint density at radius 2 is 0.553 bits per heavy atom. The molecule has 0 bridgehead atoms. The molecule has 0 fully saturated rings. The zero-order valence-electron chi connectivity index (χ0n) is 26.3. The summed E-state index contributed by atoms with van der Waals surface area (Å²) in [5, 5.41) is 1.18. The maximum Gasteiger partial charge on any atom is 0.500 e. The number of alkyl halides is 1. The van der Waals surface area contributed by atoms with Gasteiger partial charge in [0.2, 0.25) is 0 Å². The topological polar surface area (TPSA) is 27.7 Å². The molecule has 0 saturated heterocycles. The van der Waals surface area contributed by atoms with E-state index in [-0.39, 0.29) is 0 Å². The Kier molecular flexibility index (Phi) is 32.6. The first kappa shape index (κ1) is 38.6. The van der Waals surface area contributed by atoms with Crippen molar-refractivity contribution in [2.75, 3.05) is 25.2 Å². The summed E-state index contributed by atoms with van der Waals surface area (Å²) < 4.78 is 17.9. The van der Waals surface area contributed by atoms with Crippen LogP contribution in [0.2, 0.25) is 6.04 Å². The van der Waals surface area contributed by atoms with Crippen LogP contribution in [0, 0.1) is 0 Å². The van der Waals surface area contributed by atoms with Gasteiger partial charge in [0.1, 0.15) is 0 Å². The molecule has 0 aromatic heterocycles. The van der Waals surface area contributed by atoms with E-state index in [1.165, 1.54) is 166 Å². The highest BCUT2D eigenvalue weighted by Gasteiger charge is 2.39. The molecule has 0 radical (unpaired) electrons. The van der Waals surface area contributed by atoms with Gasteiger partial charge >= 0.3 is 8.80 Å². The van der Waals surface area contributed by atoms with Gasteiger partial charge in [-0.3, -0.25) is 0 Å². The fraction of sp³-hybridized carbons (Fsp3) is 1.00. The van der Waals surface area contributed by atoms with Crippen LogP contribution in [-0.2, 0) is 13.3 Å². The van der Waals surface area contributed by atoms with E-state index < -0.39 is 8.80 Å². The van der Waals surface area contributed by atoms with Gasteiger partial charge in [-0.15, -0.1) is 0 Å². The second-order valence-corrected chi connectivity index (χ2v) is 14.8. The van der Waals surface area contributed by atoms with Crippen LogP contribution in [0.3, 0.4) is 0 Å². The second-order valence-electron chi connectivity index (χ2n) is 11.3. The summed E-state index contributed by atoms with van der Waals surface area (Å²) in [5.41, 5.74) is 0. The van der Waals surface area contributed by atoms with Crippen LogP contribution in [-0.4, -0.2) is 34.0 Å². The Balaban J connectivity index is 3.28. The molecule has 0 aromatic rings. The van der Waals surface area contributed by atoms with Crippen LogP contribution in [0.15, 0.2) is 0 Å². The van der Waals surface area contributed by atoms with E-state index in [1.807, 2.05) is 20.8 Å². The minimum atomic E-state index is -2.42. The highest BCUT2D eigenvalue weighted by atomic mass is 79.9. The maximum atomic E-state index is 5.96. The van der Waals surface area contributed by atoms with Crippen LogP contribution < -0.4 is 0 Å². The molecule has 0 heterocycles. The maximum absolute atomic E-state index is 5.96. The Labute approximate surface area is 249 Å². The molecule has 0 rings (SSSR count). The van der Waals surface area contributed by atoms with E-state index in [4.69, 9.17) is 13.3 Å². The number of rotatable bonds is 33. The van der Waals surface area contributed by atoms with Crippen LogP contribution in [0.4, 0.5) is 0 Å². The predicted molar refractivity (Wildman–Crippen MR) is 175 cm³/mol. The summed E-state index contributed by atoms with van der Waals surface area (Å²) in [6, 6.07) is 0.973. The molecule has 0 aromatic carbocycles. The Morgan fingerprint density at radius 3 is 0.763 bits per heavy atom. The fourth-order valence-electron chi connectivity index (χ4n) is 5.50. The minimum absolute atomic E-state index is 0.685. The van der Waals surface area contributed by atoms with Gasteiger partial charge in [-0.05, 0) is 33.6 Å². The van der Waals surface area contributed by atoms with Crippen molar-refractivity contribution in [1.82, 2.24) is 0 Å². The zero-order valence-corrected chi connectivity index (χ0v) is 28.9. The van der Waals surface area contributed by atoms with Crippen LogP contribution >= 0.6 is 15.9 Å². The van der Waals surface area contributed by atoms with Gasteiger partial charge in [-0.1, -0.05) is 164 Å². The van der Waals surface area contributed by atoms with Crippen molar-refractivity contribution in [1.29, 1.82) is 0 Å². The van der Waals surface area contributed by atoms with Gasteiger partial charge in [-0.25, -0.2) is 0 Å². The average Bonchev–Trinajstić information content (AvgIpc) is 2.91. The largest absolute Gasteiger partial charge is 0.500 e. The SMILES string of the molecule is CCO[Si](CCCCCCCCCCCCCCCCCCCCCCCCCCCBr)(OCC)OCC. The van der Waals surface area contributed by atoms with Crippen LogP contribution in [0.5, 0.6) is 0 Å². The summed E-state index contributed by atoms with van der Waals surface area (Å²) in [7, 11) is -2.42. The third kappa shape index (κ3) is 26.8. The van der Waals surface area contributed by atoms with Crippen LogP contribution in [0.25, 0.3) is 0 Å². The van der Waals surface area contributed by atoms with Crippen molar-refractivity contribution in [2.45, 2.75) is 187 Å². The van der Waals surface area contributed by atoms with E-state index in [1.54, 1.807) is 0 Å². The Hall–Kier alpha value is 0.577. The molecule has 38 heavy (non-hydrogen) atoms. The van der Waals surface area contributed by atoms with Gasteiger partial charge in [0.05, 0.1) is 0 Å². The Bertz CT molecular complexity index is 421. The molecule has 5 heteroatoms. The van der Waals surface area contributed by atoms with Crippen molar-refractivity contribution in [3.05, 3.63) is 0 Å². The number of hydrogen-bond donors (Lipinski definition) is 0. The molecule has 0 aliphatic carbocycles. The van der Waals surface area contributed by atoms with Gasteiger partial charge in [0.25, 0.3) is 0 Å². The van der Waals surface area contributed by atoms with E-state index in [0.29, 0.717) is 19.8 Å². The van der Waals surface area contributed by atoms with Crippen molar-refractivity contribution in [2.24, 2.45) is 0 Å². The highest BCUT2D eigenvalue weighted by Crippen LogP contribution is 2.21. The summed E-state index contributed by atoms with van der Waals surface area (Å²) in [6.45, 7) is 8.18. The summed E-state index contributed by atoms with van der Waals surface area (Å²) in [5.74, 6) is 0. The van der Waals surface area contributed by atoms with Gasteiger partial charge in [-0.2, -0.15) is 0 Å². The molecule has 0 unspecified atom stereocenters. The standard InChI is InChI=1S/C33H69BrO3Si/c1-4-35-38(36-5-2,37-6-3)33-31-29-27-25-23-21-19-17-15-13-11-9-7-8-10-12-14-16-18-20-22-24-26-28-30-32-34/h4-33H2,1-3H3. The first-order valence-electron chi connectivity index (χ1n) is 17.2. The molecular formula is C33H69BrO3Si. The third-order valence-corrected chi connectivity index (χ3v) is 11.4. The average molecular weight is 622 g/mol. The normalized spacial score (nSPS) is 12.0.